The summed E-state index contributed by atoms with van der Waals surface area (Å²) in [6.07, 6.45) is 2.10. The Labute approximate surface area is 198 Å². The van der Waals surface area contributed by atoms with Crippen LogP contribution in [0.4, 0.5) is 5.69 Å². The molecule has 0 bridgehead atoms. The number of halogens is 1. The molecule has 8 nitrogen and oxygen atoms in total. The van der Waals surface area contributed by atoms with Crippen LogP contribution in [-0.4, -0.2) is 61.1 Å². The molecule has 174 valence electrons. The van der Waals surface area contributed by atoms with Crippen molar-refractivity contribution in [3.63, 3.8) is 0 Å². The summed E-state index contributed by atoms with van der Waals surface area (Å²) in [5, 5.41) is 7.37. The Kier molecular flexibility index (Phi) is 7.02. The van der Waals surface area contributed by atoms with Crippen molar-refractivity contribution < 1.29 is 13.2 Å². The normalized spacial score (nSPS) is 14.9. The number of aromatic nitrogens is 2. The van der Waals surface area contributed by atoms with Gasteiger partial charge in [-0.05, 0) is 30.2 Å². The number of sulfonamides is 1. The number of carbonyl (C=O) groups excluding carboxylic acids is 1. The number of hydrogen-bond donors (Lipinski definition) is 1. The number of aryl methyl sites for hydroxylation is 1. The van der Waals surface area contributed by atoms with Gasteiger partial charge < -0.3 is 10.2 Å². The smallest absolute Gasteiger partial charge is 0.263 e. The SMILES string of the molecule is Cn1cc(C(=O)NCCc2ccccc2)c(S(=O)(=O)N2CCN(c3cccc(Cl)c3)CC2)n1. The highest BCUT2D eigenvalue weighted by molar-refractivity contribution is 7.89. The lowest BCUT2D eigenvalue weighted by Crippen LogP contribution is -2.49. The van der Waals surface area contributed by atoms with Crippen molar-refractivity contribution in [2.45, 2.75) is 11.4 Å². The summed E-state index contributed by atoms with van der Waals surface area (Å²) in [6, 6.07) is 17.3. The fourth-order valence-electron chi connectivity index (χ4n) is 3.86. The average molecular weight is 488 g/mol. The number of piperazine rings is 1. The third-order valence-electron chi connectivity index (χ3n) is 5.58. The third-order valence-corrected chi connectivity index (χ3v) is 7.65. The van der Waals surface area contributed by atoms with Gasteiger partial charge in [-0.3, -0.25) is 9.48 Å². The van der Waals surface area contributed by atoms with E-state index in [0.29, 0.717) is 44.2 Å². The monoisotopic (exact) mass is 487 g/mol. The van der Waals surface area contributed by atoms with Gasteiger partial charge in [0.1, 0.15) is 0 Å². The van der Waals surface area contributed by atoms with Gasteiger partial charge >= 0.3 is 0 Å². The first-order chi connectivity index (χ1) is 15.8. The Bertz CT molecular complexity index is 1220. The second kappa shape index (κ2) is 9.94. The maximum atomic E-state index is 13.3. The first kappa shape index (κ1) is 23.3. The highest BCUT2D eigenvalue weighted by atomic mass is 35.5. The molecule has 0 spiro atoms. The van der Waals surface area contributed by atoms with Crippen LogP contribution in [0.2, 0.25) is 5.02 Å². The molecule has 1 fully saturated rings. The second-order valence-corrected chi connectivity index (χ2v) is 10.2. The van der Waals surface area contributed by atoms with Gasteiger partial charge in [-0.25, -0.2) is 8.42 Å². The zero-order valence-corrected chi connectivity index (χ0v) is 19.9. The minimum atomic E-state index is -3.92. The molecule has 2 heterocycles. The van der Waals surface area contributed by atoms with Gasteiger partial charge in [0.15, 0.2) is 0 Å². The number of amides is 1. The minimum Gasteiger partial charge on any atom is -0.369 e. The number of nitrogens with zero attached hydrogens (tertiary/aromatic N) is 4. The molecule has 0 saturated carbocycles. The molecule has 4 rings (SSSR count). The Balaban J connectivity index is 1.43. The van der Waals surface area contributed by atoms with E-state index >= 15 is 0 Å². The van der Waals surface area contributed by atoms with Crippen LogP contribution >= 0.6 is 11.6 Å². The minimum absolute atomic E-state index is 0.0582. The van der Waals surface area contributed by atoms with Gasteiger partial charge in [0.25, 0.3) is 15.9 Å². The summed E-state index contributed by atoms with van der Waals surface area (Å²) in [5.41, 5.74) is 2.10. The van der Waals surface area contributed by atoms with Crippen molar-refractivity contribution in [2.75, 3.05) is 37.6 Å². The van der Waals surface area contributed by atoms with Crippen LogP contribution in [0.15, 0.2) is 65.8 Å². The molecule has 0 atom stereocenters. The largest absolute Gasteiger partial charge is 0.369 e. The van der Waals surface area contributed by atoms with E-state index in [2.05, 4.69) is 15.3 Å². The lowest BCUT2D eigenvalue weighted by Gasteiger charge is -2.35. The quantitative estimate of drug-likeness (QED) is 0.553. The summed E-state index contributed by atoms with van der Waals surface area (Å²) in [5.74, 6) is -0.449. The molecule has 0 aliphatic carbocycles. The molecule has 2 aromatic carbocycles. The van der Waals surface area contributed by atoms with E-state index in [1.165, 1.54) is 15.2 Å². The standard InChI is InChI=1S/C23H26ClN5O3S/c1-27-17-21(22(30)25-11-10-18-6-3-2-4-7-18)23(26-27)33(31,32)29-14-12-28(13-15-29)20-9-5-8-19(24)16-20/h2-9,16-17H,10-15H2,1H3,(H,25,30). The molecule has 0 unspecified atom stereocenters. The molecule has 0 radical (unpaired) electrons. The van der Waals surface area contributed by atoms with Gasteiger partial charge in [-0.15, -0.1) is 0 Å². The number of hydrogen-bond acceptors (Lipinski definition) is 5. The zero-order valence-electron chi connectivity index (χ0n) is 18.3. The number of benzene rings is 2. The highest BCUT2D eigenvalue weighted by Gasteiger charge is 2.34. The Hall–Kier alpha value is -2.88. The van der Waals surface area contributed by atoms with Crippen molar-refractivity contribution in [2.24, 2.45) is 7.05 Å². The lowest BCUT2D eigenvalue weighted by atomic mass is 10.1. The summed E-state index contributed by atoms with van der Waals surface area (Å²) in [6.45, 7) is 2.02. The van der Waals surface area contributed by atoms with Gasteiger partial charge in [-0.1, -0.05) is 48.0 Å². The predicted octanol–water partition coefficient (Wildman–Crippen LogP) is 2.56. The number of nitrogens with one attached hydrogen (secondary N) is 1. The molecule has 1 saturated heterocycles. The molecule has 33 heavy (non-hydrogen) atoms. The van der Waals surface area contributed by atoms with E-state index in [4.69, 9.17) is 11.6 Å². The van der Waals surface area contributed by atoms with Gasteiger partial charge in [0, 0.05) is 56.7 Å². The predicted molar refractivity (Wildman–Crippen MR) is 128 cm³/mol. The van der Waals surface area contributed by atoms with E-state index in [1.807, 2.05) is 48.5 Å². The third kappa shape index (κ3) is 5.38. The summed E-state index contributed by atoms with van der Waals surface area (Å²) in [4.78, 5) is 14.9. The van der Waals surface area contributed by atoms with E-state index in [-0.39, 0.29) is 10.6 Å². The number of anilines is 1. The first-order valence-corrected chi connectivity index (χ1v) is 12.5. The summed E-state index contributed by atoms with van der Waals surface area (Å²) < 4.78 is 29.4. The van der Waals surface area contributed by atoms with Crippen LogP contribution in [0, 0.1) is 0 Å². The Morgan fingerprint density at radius 2 is 1.79 bits per heavy atom. The van der Waals surface area contributed by atoms with Crippen LogP contribution in [-0.2, 0) is 23.5 Å². The number of rotatable bonds is 7. The molecule has 1 amide bonds. The van der Waals surface area contributed by atoms with Gasteiger partial charge in [-0.2, -0.15) is 9.40 Å². The van der Waals surface area contributed by atoms with Crippen molar-refractivity contribution in [3.8, 4) is 0 Å². The van der Waals surface area contributed by atoms with E-state index in [1.54, 1.807) is 13.1 Å². The average Bonchev–Trinajstić information content (AvgIpc) is 3.22. The maximum Gasteiger partial charge on any atom is 0.263 e. The van der Waals surface area contributed by atoms with Crippen LogP contribution in [0.5, 0.6) is 0 Å². The van der Waals surface area contributed by atoms with E-state index in [0.717, 1.165) is 11.3 Å². The highest BCUT2D eigenvalue weighted by Crippen LogP contribution is 2.24. The molecule has 1 aromatic heterocycles. The molecule has 1 N–H and O–H groups in total. The van der Waals surface area contributed by atoms with Crippen molar-refractivity contribution >= 4 is 33.2 Å². The van der Waals surface area contributed by atoms with E-state index < -0.39 is 15.9 Å². The van der Waals surface area contributed by atoms with Crippen molar-refractivity contribution in [1.29, 1.82) is 0 Å². The number of carbonyl (C=O) groups is 1. The summed E-state index contributed by atoms with van der Waals surface area (Å²) >= 11 is 6.08. The second-order valence-electron chi connectivity index (χ2n) is 7.88. The van der Waals surface area contributed by atoms with Crippen molar-refractivity contribution in [1.82, 2.24) is 19.4 Å². The zero-order chi connectivity index (χ0) is 23.4. The topological polar surface area (TPSA) is 87.5 Å². The van der Waals surface area contributed by atoms with E-state index in [9.17, 15) is 13.2 Å². The molecular formula is C23H26ClN5O3S. The Morgan fingerprint density at radius 1 is 1.06 bits per heavy atom. The molecule has 1 aliphatic heterocycles. The van der Waals surface area contributed by atoms with Gasteiger partial charge in [0.05, 0.1) is 5.56 Å². The van der Waals surface area contributed by atoms with Crippen LogP contribution in [0.3, 0.4) is 0 Å². The fraction of sp³-hybridized carbons (Fsp3) is 0.304. The summed E-state index contributed by atoms with van der Waals surface area (Å²) in [7, 11) is -2.31. The van der Waals surface area contributed by atoms with Crippen LogP contribution < -0.4 is 10.2 Å². The Morgan fingerprint density at radius 3 is 2.48 bits per heavy atom. The van der Waals surface area contributed by atoms with Gasteiger partial charge in [0.2, 0.25) is 5.03 Å². The lowest BCUT2D eigenvalue weighted by molar-refractivity contribution is 0.0950. The molecule has 10 heteroatoms. The fourth-order valence-corrected chi connectivity index (χ4v) is 5.58. The van der Waals surface area contributed by atoms with Crippen LogP contribution in [0.25, 0.3) is 0 Å². The van der Waals surface area contributed by atoms with Crippen molar-refractivity contribution in [3.05, 3.63) is 76.9 Å². The van der Waals surface area contributed by atoms with Crippen LogP contribution in [0.1, 0.15) is 15.9 Å². The molecule has 1 aliphatic rings. The molecular weight excluding hydrogens is 462 g/mol. The molecule has 3 aromatic rings. The maximum absolute atomic E-state index is 13.3. The first-order valence-electron chi connectivity index (χ1n) is 10.7.